The number of hydrogen-bond donors (Lipinski definition) is 1. The van der Waals surface area contributed by atoms with E-state index in [1.54, 1.807) is 7.05 Å². The maximum absolute atomic E-state index is 13.3. The smallest absolute Gasteiger partial charge is 0.405 e. The first-order valence-electron chi connectivity index (χ1n) is 12.9. The van der Waals surface area contributed by atoms with Gasteiger partial charge in [-0.05, 0) is 49.1 Å². The average molecular weight is 546 g/mol. The molecule has 5 aromatic rings. The van der Waals surface area contributed by atoms with Crippen LogP contribution in [0.1, 0.15) is 40.4 Å². The minimum atomic E-state index is -4.96. The fourth-order valence-corrected chi connectivity index (χ4v) is 5.15. The van der Waals surface area contributed by atoms with E-state index >= 15 is 0 Å². The van der Waals surface area contributed by atoms with E-state index in [2.05, 4.69) is 16.9 Å². The highest BCUT2D eigenvalue weighted by atomic mass is 19.4. The summed E-state index contributed by atoms with van der Waals surface area (Å²) in [6.07, 6.45) is -0.207. The van der Waals surface area contributed by atoms with Crippen LogP contribution in [0, 0.1) is 0 Å². The lowest BCUT2D eigenvalue weighted by molar-refractivity contribution is -0.274. The van der Waals surface area contributed by atoms with Crippen LogP contribution >= 0.6 is 0 Å². The van der Waals surface area contributed by atoms with Gasteiger partial charge in [0.2, 0.25) is 5.91 Å². The highest BCUT2D eigenvalue weighted by molar-refractivity contribution is 5.96. The van der Waals surface area contributed by atoms with Crippen molar-refractivity contribution in [3.05, 3.63) is 89.7 Å². The molecule has 2 aromatic heterocycles. The molecule has 0 spiro atoms. The number of aromatic nitrogens is 4. The highest BCUT2D eigenvalue weighted by Crippen LogP contribution is 2.47. The molecule has 1 amide bonds. The lowest BCUT2D eigenvalue weighted by Gasteiger charge is -2.14. The number of halogens is 3. The number of ether oxygens (including phenoxy) is 1. The van der Waals surface area contributed by atoms with Crippen molar-refractivity contribution in [1.82, 2.24) is 19.3 Å². The van der Waals surface area contributed by atoms with Gasteiger partial charge in [0.15, 0.2) is 0 Å². The van der Waals surface area contributed by atoms with Crippen LogP contribution in [0.4, 0.5) is 13.2 Å². The normalized spacial score (nSPS) is 13.6. The molecule has 1 aliphatic carbocycles. The molecule has 40 heavy (non-hydrogen) atoms. The van der Waals surface area contributed by atoms with Crippen LogP contribution < -0.4 is 10.5 Å². The lowest BCUT2D eigenvalue weighted by Crippen LogP contribution is -2.19. The maximum atomic E-state index is 13.3. The first-order valence-corrected chi connectivity index (χ1v) is 12.9. The van der Waals surface area contributed by atoms with E-state index in [1.165, 1.54) is 17.7 Å². The van der Waals surface area contributed by atoms with Crippen molar-refractivity contribution < 1.29 is 22.7 Å². The largest absolute Gasteiger partial charge is 0.573 e. The van der Waals surface area contributed by atoms with Crippen molar-refractivity contribution in [2.45, 2.75) is 38.1 Å². The minimum absolute atomic E-state index is 0.0902. The van der Waals surface area contributed by atoms with Crippen LogP contribution in [-0.4, -0.2) is 31.6 Å². The third kappa shape index (κ3) is 5.04. The zero-order chi connectivity index (χ0) is 28.0. The summed E-state index contributed by atoms with van der Waals surface area (Å²) in [7, 11) is 1.79. The second-order valence-electron chi connectivity index (χ2n) is 9.99. The Labute approximate surface area is 228 Å². The molecule has 3 aromatic carbocycles. The van der Waals surface area contributed by atoms with Gasteiger partial charge in [0.05, 0.1) is 16.8 Å². The van der Waals surface area contributed by atoms with Gasteiger partial charge in [-0.25, -0.2) is 4.98 Å². The van der Waals surface area contributed by atoms with Crippen LogP contribution in [0.5, 0.6) is 5.75 Å². The number of carbonyl (C=O) groups is 1. The first kappa shape index (κ1) is 25.7. The SMILES string of the molecule is Cn1c(-c2ccc(C(N)=O)cc2OC(F)(F)F)nc(-c2cccc3nn(CCc4ccccc4)cc23)c1C1CC1. The van der Waals surface area contributed by atoms with Gasteiger partial charge in [-0.15, -0.1) is 13.2 Å². The Morgan fingerprint density at radius 3 is 2.52 bits per heavy atom. The number of aryl methyl sites for hydroxylation is 2. The summed E-state index contributed by atoms with van der Waals surface area (Å²) in [6, 6.07) is 19.8. The predicted molar refractivity (Wildman–Crippen MR) is 145 cm³/mol. The summed E-state index contributed by atoms with van der Waals surface area (Å²) in [5.74, 6) is -0.839. The lowest BCUT2D eigenvalue weighted by atomic mass is 10.0. The fraction of sp³-hybridized carbons (Fsp3) is 0.233. The van der Waals surface area contributed by atoms with E-state index in [0.717, 1.165) is 47.5 Å². The van der Waals surface area contributed by atoms with Crippen LogP contribution in [-0.2, 0) is 20.0 Å². The topological polar surface area (TPSA) is 88.0 Å². The monoisotopic (exact) mass is 545 g/mol. The molecular formula is C30H26F3N5O2. The number of nitrogens with two attached hydrogens (primary N) is 1. The molecule has 2 heterocycles. The van der Waals surface area contributed by atoms with Gasteiger partial charge in [0.25, 0.3) is 0 Å². The number of benzene rings is 3. The summed E-state index contributed by atoms with van der Waals surface area (Å²) >= 11 is 0. The van der Waals surface area contributed by atoms with Gasteiger partial charge in [0, 0.05) is 47.9 Å². The van der Waals surface area contributed by atoms with Crippen molar-refractivity contribution in [3.8, 4) is 28.4 Å². The number of imidazole rings is 1. The summed E-state index contributed by atoms with van der Waals surface area (Å²) < 4.78 is 48.1. The Morgan fingerprint density at radius 2 is 1.82 bits per heavy atom. The zero-order valence-electron chi connectivity index (χ0n) is 21.7. The summed E-state index contributed by atoms with van der Waals surface area (Å²) in [6.45, 7) is 0.700. The van der Waals surface area contributed by atoms with Crippen LogP contribution in [0.3, 0.4) is 0 Å². The predicted octanol–water partition coefficient (Wildman–Crippen LogP) is 6.22. The van der Waals surface area contributed by atoms with Gasteiger partial charge in [-0.1, -0.05) is 42.5 Å². The van der Waals surface area contributed by atoms with Gasteiger partial charge < -0.3 is 15.0 Å². The highest BCUT2D eigenvalue weighted by Gasteiger charge is 2.36. The van der Waals surface area contributed by atoms with E-state index in [4.69, 9.17) is 15.8 Å². The number of amides is 1. The molecule has 204 valence electrons. The number of alkyl halides is 3. The standard InChI is InChI=1S/C30H26F3N5O2/c1-37-27(19-10-11-19)26(35-29(37)22-13-12-20(28(34)39)16-25(22)40-30(31,32)33)21-8-5-9-24-23(21)17-38(36-24)15-14-18-6-3-2-4-7-18/h2-9,12-13,16-17,19H,10-11,14-15H2,1H3,(H2,34,39). The quantitative estimate of drug-likeness (QED) is 0.251. The van der Waals surface area contributed by atoms with Crippen LogP contribution in [0.15, 0.2) is 72.9 Å². The van der Waals surface area contributed by atoms with Crippen molar-refractivity contribution in [2.75, 3.05) is 0 Å². The second kappa shape index (κ2) is 9.86. The molecule has 2 N–H and O–H groups in total. The molecule has 6 rings (SSSR count). The first-order chi connectivity index (χ1) is 19.2. The van der Waals surface area contributed by atoms with Crippen LogP contribution in [0.25, 0.3) is 33.5 Å². The molecule has 0 atom stereocenters. The molecule has 7 nitrogen and oxygen atoms in total. The summed E-state index contributed by atoms with van der Waals surface area (Å²) in [5, 5.41) is 5.68. The van der Waals surface area contributed by atoms with Crippen LogP contribution in [0.2, 0.25) is 0 Å². The van der Waals surface area contributed by atoms with Gasteiger partial charge >= 0.3 is 6.36 Å². The van der Waals surface area contributed by atoms with Crippen molar-refractivity contribution >= 4 is 16.8 Å². The van der Waals surface area contributed by atoms with E-state index in [1.807, 2.05) is 51.8 Å². The van der Waals surface area contributed by atoms with Crippen molar-refractivity contribution in [3.63, 3.8) is 0 Å². The Balaban J connectivity index is 1.44. The van der Waals surface area contributed by atoms with E-state index in [9.17, 15) is 18.0 Å². The summed E-state index contributed by atoms with van der Waals surface area (Å²) in [5.41, 5.74) is 9.87. The molecule has 0 bridgehead atoms. The molecule has 1 fully saturated rings. The van der Waals surface area contributed by atoms with Crippen molar-refractivity contribution in [2.24, 2.45) is 12.8 Å². The second-order valence-corrected chi connectivity index (χ2v) is 9.99. The average Bonchev–Trinajstić information content (AvgIpc) is 3.57. The molecule has 0 aliphatic heterocycles. The Morgan fingerprint density at radius 1 is 1.05 bits per heavy atom. The molecule has 10 heteroatoms. The Kier molecular flexibility index (Phi) is 6.32. The third-order valence-corrected chi connectivity index (χ3v) is 7.16. The van der Waals surface area contributed by atoms with E-state index < -0.39 is 18.0 Å². The zero-order valence-corrected chi connectivity index (χ0v) is 21.7. The molecule has 0 radical (unpaired) electrons. The number of hydrogen-bond acceptors (Lipinski definition) is 4. The molecule has 0 saturated heterocycles. The van der Waals surface area contributed by atoms with Gasteiger partial charge in [0.1, 0.15) is 11.6 Å². The van der Waals surface area contributed by atoms with Crippen molar-refractivity contribution in [1.29, 1.82) is 0 Å². The molecular weight excluding hydrogens is 519 g/mol. The van der Waals surface area contributed by atoms with Gasteiger partial charge in [-0.3, -0.25) is 9.48 Å². The van der Waals surface area contributed by atoms with E-state index in [0.29, 0.717) is 18.1 Å². The van der Waals surface area contributed by atoms with E-state index in [-0.39, 0.29) is 17.0 Å². The number of primary amides is 1. The maximum Gasteiger partial charge on any atom is 0.573 e. The fourth-order valence-electron chi connectivity index (χ4n) is 5.15. The number of carbonyl (C=O) groups excluding carboxylic acids is 1. The molecule has 1 aliphatic rings. The summed E-state index contributed by atoms with van der Waals surface area (Å²) in [4.78, 5) is 16.6. The Bertz CT molecular complexity index is 1720. The molecule has 1 saturated carbocycles. The number of nitrogens with zero attached hydrogens (tertiary/aromatic N) is 4. The number of fused-ring (bicyclic) bond motifs is 1. The Hall–Kier alpha value is -4.60. The van der Waals surface area contributed by atoms with Gasteiger partial charge in [-0.2, -0.15) is 5.10 Å². The number of rotatable bonds is 8. The molecule has 0 unspecified atom stereocenters. The third-order valence-electron chi connectivity index (χ3n) is 7.16. The minimum Gasteiger partial charge on any atom is -0.405 e.